The van der Waals surface area contributed by atoms with E-state index in [4.69, 9.17) is 10.7 Å². The zero-order valence-corrected chi connectivity index (χ0v) is 20.6. The summed E-state index contributed by atoms with van der Waals surface area (Å²) in [5.74, 6) is -0.141. The van der Waals surface area contributed by atoms with Gasteiger partial charge in [-0.05, 0) is 56.5 Å². The van der Waals surface area contributed by atoms with Crippen molar-refractivity contribution in [3.63, 3.8) is 0 Å². The molecule has 0 radical (unpaired) electrons. The summed E-state index contributed by atoms with van der Waals surface area (Å²) in [5, 5.41) is 13.2. The molecular weight excluding hydrogens is 456 g/mol. The van der Waals surface area contributed by atoms with Crippen molar-refractivity contribution in [2.24, 2.45) is 0 Å². The average molecular weight is 485 g/mol. The molecule has 9 nitrogen and oxygen atoms in total. The van der Waals surface area contributed by atoms with Crippen LogP contribution in [0.1, 0.15) is 49.0 Å². The fourth-order valence-electron chi connectivity index (χ4n) is 4.42. The Morgan fingerprint density at radius 2 is 1.83 bits per heavy atom. The van der Waals surface area contributed by atoms with Gasteiger partial charge in [0.1, 0.15) is 11.6 Å². The molecule has 0 aliphatic heterocycles. The van der Waals surface area contributed by atoms with E-state index in [9.17, 15) is 14.7 Å². The molecule has 0 saturated heterocycles. The fourth-order valence-corrected chi connectivity index (χ4v) is 4.42. The number of aryl methyl sites for hydroxylation is 2. The van der Waals surface area contributed by atoms with E-state index in [1.807, 2.05) is 62.4 Å². The lowest BCUT2D eigenvalue weighted by atomic mass is 10.0. The number of fused-ring (bicyclic) bond motifs is 1. The van der Waals surface area contributed by atoms with Crippen molar-refractivity contribution in [2.75, 3.05) is 11.1 Å². The molecule has 9 heteroatoms. The van der Waals surface area contributed by atoms with Gasteiger partial charge in [-0.1, -0.05) is 37.3 Å². The molecular formula is C27H28N6O3. The second-order valence-corrected chi connectivity index (χ2v) is 8.58. The number of carboxylic acids is 1. The van der Waals surface area contributed by atoms with Gasteiger partial charge in [-0.2, -0.15) is 4.98 Å². The standard InChI is InChI=1S/C27H28N6O3/c1-5-19(30-24-22(16(3)14-21(34)35)17(4)29-27(28)32-24)25-31-20-13-9-10-15(2)23(20)26(36)33(25)18-11-7-6-8-12-18/h6-14,19H,5H2,1-4H3,(H,34,35)(H3,28,29,30,32). The molecule has 4 aromatic rings. The van der Waals surface area contributed by atoms with Gasteiger partial charge in [0, 0.05) is 11.6 Å². The number of nitrogens with zero attached hydrogens (tertiary/aromatic N) is 4. The molecule has 0 amide bonds. The molecule has 2 aromatic carbocycles. The molecule has 0 aliphatic rings. The lowest BCUT2D eigenvalue weighted by Gasteiger charge is -2.24. The fraction of sp³-hybridized carbons (Fsp3) is 0.222. The predicted octanol–water partition coefficient (Wildman–Crippen LogP) is 4.43. The summed E-state index contributed by atoms with van der Waals surface area (Å²) in [7, 11) is 0. The molecule has 0 fully saturated rings. The monoisotopic (exact) mass is 484 g/mol. The Labute approximate surface area is 208 Å². The molecule has 2 heterocycles. The number of hydrogen-bond acceptors (Lipinski definition) is 7. The van der Waals surface area contributed by atoms with E-state index in [1.54, 1.807) is 18.4 Å². The number of anilines is 2. The predicted molar refractivity (Wildman–Crippen MR) is 141 cm³/mol. The summed E-state index contributed by atoms with van der Waals surface area (Å²) in [6.07, 6.45) is 1.66. The van der Waals surface area contributed by atoms with Crippen LogP contribution in [0.25, 0.3) is 22.2 Å². The number of nitrogens with one attached hydrogen (secondary N) is 1. The Hall–Kier alpha value is -4.53. The van der Waals surface area contributed by atoms with Crippen LogP contribution in [0, 0.1) is 13.8 Å². The SMILES string of the molecule is CCC(Nc1nc(N)nc(C)c1C(C)=CC(=O)O)c1nc2cccc(C)c2c(=O)n1-c1ccccc1. The summed E-state index contributed by atoms with van der Waals surface area (Å²) in [5.41, 5.74) is 9.47. The van der Waals surface area contributed by atoms with Crippen LogP contribution in [0.15, 0.2) is 59.4 Å². The second kappa shape index (κ2) is 9.99. The highest BCUT2D eigenvalue weighted by molar-refractivity contribution is 5.91. The number of carbonyl (C=O) groups is 1. The van der Waals surface area contributed by atoms with Crippen molar-refractivity contribution in [3.8, 4) is 5.69 Å². The van der Waals surface area contributed by atoms with Crippen molar-refractivity contribution in [1.82, 2.24) is 19.5 Å². The van der Waals surface area contributed by atoms with Crippen LogP contribution in [0.4, 0.5) is 11.8 Å². The Morgan fingerprint density at radius 1 is 1.11 bits per heavy atom. The van der Waals surface area contributed by atoms with E-state index >= 15 is 0 Å². The molecule has 4 N–H and O–H groups in total. The maximum absolute atomic E-state index is 13.8. The number of rotatable bonds is 7. The first kappa shape index (κ1) is 24.6. The molecule has 0 aliphatic carbocycles. The molecule has 2 aromatic heterocycles. The van der Waals surface area contributed by atoms with Gasteiger partial charge in [0.05, 0.1) is 28.3 Å². The summed E-state index contributed by atoms with van der Waals surface area (Å²) in [6.45, 7) is 7.29. The van der Waals surface area contributed by atoms with Crippen LogP contribution in [0.3, 0.4) is 0 Å². The van der Waals surface area contributed by atoms with Crippen LogP contribution in [-0.4, -0.2) is 30.6 Å². The zero-order valence-electron chi connectivity index (χ0n) is 20.6. The molecule has 0 spiro atoms. The van der Waals surface area contributed by atoms with Crippen molar-refractivity contribution < 1.29 is 9.90 Å². The van der Waals surface area contributed by atoms with Crippen LogP contribution in [0.2, 0.25) is 0 Å². The maximum atomic E-state index is 13.8. The first-order valence-electron chi connectivity index (χ1n) is 11.6. The number of aliphatic carboxylic acids is 1. The third-order valence-corrected chi connectivity index (χ3v) is 6.02. The van der Waals surface area contributed by atoms with E-state index in [2.05, 4.69) is 15.3 Å². The molecule has 0 bridgehead atoms. The van der Waals surface area contributed by atoms with Gasteiger partial charge in [0.25, 0.3) is 5.56 Å². The highest BCUT2D eigenvalue weighted by atomic mass is 16.4. The Kier molecular flexibility index (Phi) is 6.82. The minimum Gasteiger partial charge on any atom is -0.478 e. The van der Waals surface area contributed by atoms with Gasteiger partial charge < -0.3 is 16.2 Å². The smallest absolute Gasteiger partial charge is 0.328 e. The molecule has 1 unspecified atom stereocenters. The van der Waals surface area contributed by atoms with Crippen molar-refractivity contribution >= 4 is 34.2 Å². The average Bonchev–Trinajstić information content (AvgIpc) is 2.82. The highest BCUT2D eigenvalue weighted by Crippen LogP contribution is 2.30. The number of allylic oxidation sites excluding steroid dienone is 1. The summed E-state index contributed by atoms with van der Waals surface area (Å²) in [6, 6.07) is 14.5. The van der Waals surface area contributed by atoms with Gasteiger partial charge in [-0.25, -0.2) is 14.8 Å². The maximum Gasteiger partial charge on any atom is 0.328 e. The number of nitrogen functional groups attached to an aromatic ring is 1. The molecule has 184 valence electrons. The van der Waals surface area contributed by atoms with E-state index < -0.39 is 12.0 Å². The Balaban J connectivity index is 1.96. The van der Waals surface area contributed by atoms with Crippen LogP contribution in [0.5, 0.6) is 0 Å². The van der Waals surface area contributed by atoms with Crippen LogP contribution < -0.4 is 16.6 Å². The minimum absolute atomic E-state index is 0.0549. The second-order valence-electron chi connectivity index (χ2n) is 8.58. The number of para-hydroxylation sites is 1. The third-order valence-electron chi connectivity index (χ3n) is 6.02. The summed E-state index contributed by atoms with van der Waals surface area (Å²) >= 11 is 0. The lowest BCUT2D eigenvalue weighted by Crippen LogP contribution is -2.29. The first-order valence-corrected chi connectivity index (χ1v) is 11.6. The molecule has 0 saturated carbocycles. The van der Waals surface area contributed by atoms with Gasteiger partial charge in [-0.3, -0.25) is 9.36 Å². The number of hydrogen-bond donors (Lipinski definition) is 3. The van der Waals surface area contributed by atoms with Gasteiger partial charge in [-0.15, -0.1) is 0 Å². The van der Waals surface area contributed by atoms with E-state index in [1.165, 1.54) is 0 Å². The third kappa shape index (κ3) is 4.68. The molecule has 36 heavy (non-hydrogen) atoms. The topological polar surface area (TPSA) is 136 Å². The van der Waals surface area contributed by atoms with Crippen molar-refractivity contribution in [3.05, 3.63) is 87.6 Å². The highest BCUT2D eigenvalue weighted by Gasteiger charge is 2.23. The molecule has 1 atom stereocenters. The normalized spacial score (nSPS) is 12.5. The summed E-state index contributed by atoms with van der Waals surface area (Å²) < 4.78 is 1.62. The van der Waals surface area contributed by atoms with Crippen molar-refractivity contribution in [2.45, 2.75) is 40.2 Å². The Morgan fingerprint density at radius 3 is 2.50 bits per heavy atom. The number of carboxylic acid groups (broad SMARTS) is 1. The lowest BCUT2D eigenvalue weighted by molar-refractivity contribution is -0.131. The minimum atomic E-state index is -1.08. The quantitative estimate of drug-likeness (QED) is 0.328. The largest absolute Gasteiger partial charge is 0.478 e. The number of nitrogens with two attached hydrogens (primary N) is 1. The zero-order chi connectivity index (χ0) is 26.0. The first-order chi connectivity index (χ1) is 17.2. The van der Waals surface area contributed by atoms with Crippen molar-refractivity contribution in [1.29, 1.82) is 0 Å². The summed E-state index contributed by atoms with van der Waals surface area (Å²) in [4.78, 5) is 38.7. The number of benzene rings is 2. The van der Waals surface area contributed by atoms with Gasteiger partial charge in [0.2, 0.25) is 5.95 Å². The van der Waals surface area contributed by atoms with E-state index in [0.29, 0.717) is 51.5 Å². The van der Waals surface area contributed by atoms with Gasteiger partial charge in [0.15, 0.2) is 0 Å². The molecule has 4 rings (SSSR count). The van der Waals surface area contributed by atoms with Crippen LogP contribution >= 0.6 is 0 Å². The van der Waals surface area contributed by atoms with Crippen LogP contribution in [-0.2, 0) is 4.79 Å². The number of aromatic nitrogens is 4. The van der Waals surface area contributed by atoms with E-state index in [0.717, 1.165) is 11.6 Å². The van der Waals surface area contributed by atoms with Gasteiger partial charge >= 0.3 is 5.97 Å². The Bertz CT molecular complexity index is 1540. The van der Waals surface area contributed by atoms with E-state index in [-0.39, 0.29) is 11.5 Å².